The molecule has 0 radical (unpaired) electrons. The molecule has 0 bridgehead atoms. The zero-order valence-electron chi connectivity index (χ0n) is 31.3. The van der Waals surface area contributed by atoms with Crippen LogP contribution in [0.4, 0.5) is 17.5 Å². The Balaban J connectivity index is 0. The number of ether oxygens (including phenoxy) is 1. The first kappa shape index (κ1) is 47.1. The largest absolute Gasteiger partial charge is 0.506 e. The molecule has 1 aromatic heterocycles. The van der Waals surface area contributed by atoms with E-state index >= 15 is 0 Å². The van der Waals surface area contributed by atoms with E-state index in [1.807, 2.05) is 34.6 Å². The molecule has 1 atom stereocenters. The molecule has 2 heterocycles. The first-order valence-electron chi connectivity index (χ1n) is 16.9. The number of nitrogens with zero attached hydrogens (tertiary/aromatic N) is 5. The number of aromatic nitrogens is 2. The second-order valence-electron chi connectivity index (χ2n) is 10.2. The van der Waals surface area contributed by atoms with Crippen LogP contribution in [0.3, 0.4) is 0 Å². The first-order valence-corrected chi connectivity index (χ1v) is 17.8. The summed E-state index contributed by atoms with van der Waals surface area (Å²) in [6.45, 7) is 29.8. The molecule has 1 aliphatic rings. The minimum absolute atomic E-state index is 0.0673. The maximum atomic E-state index is 10.2. The molecule has 0 aliphatic carbocycles. The number of methoxy groups -OCH3 is 1. The number of hydrogen-bond donors (Lipinski definition) is 4. The van der Waals surface area contributed by atoms with Crippen LogP contribution in [-0.4, -0.2) is 85.1 Å². The molecule has 1 unspecified atom stereocenters. The van der Waals surface area contributed by atoms with Crippen LogP contribution in [0, 0.1) is 0 Å². The van der Waals surface area contributed by atoms with Crippen molar-refractivity contribution in [2.75, 3.05) is 69.5 Å². The number of piperazine rings is 1. The van der Waals surface area contributed by atoms with Gasteiger partial charge in [0.25, 0.3) is 0 Å². The lowest BCUT2D eigenvalue weighted by Crippen LogP contribution is -2.43. The maximum Gasteiger partial charge on any atom is 0.245 e. The van der Waals surface area contributed by atoms with Crippen molar-refractivity contribution < 1.29 is 9.84 Å². The minimum Gasteiger partial charge on any atom is -0.506 e. The summed E-state index contributed by atoms with van der Waals surface area (Å²) in [5.41, 5.74) is 6.29. The van der Waals surface area contributed by atoms with E-state index in [4.69, 9.17) is 16.3 Å². The van der Waals surface area contributed by atoms with Gasteiger partial charge in [-0.1, -0.05) is 101 Å². The van der Waals surface area contributed by atoms with Crippen molar-refractivity contribution in [3.8, 4) is 0 Å². The normalized spacial score (nSPS) is 13.5. The summed E-state index contributed by atoms with van der Waals surface area (Å²) < 4.78 is 4.92. The molecule has 1 saturated heterocycles. The fourth-order valence-electron chi connectivity index (χ4n) is 3.77. The summed E-state index contributed by atoms with van der Waals surface area (Å²) in [4.78, 5) is 13.0. The highest BCUT2D eigenvalue weighted by Crippen LogP contribution is 2.25. The van der Waals surface area contributed by atoms with E-state index in [1.165, 1.54) is 12.0 Å². The number of hydrazone groups is 1. The number of hydrogen-bond acceptors (Lipinski definition) is 10. The highest BCUT2D eigenvalue weighted by molar-refractivity contribution is 7.28. The third kappa shape index (κ3) is 19.7. The van der Waals surface area contributed by atoms with Gasteiger partial charge >= 0.3 is 0 Å². The third-order valence-electron chi connectivity index (χ3n) is 6.35. The monoisotopic (exact) mass is 706 g/mol. The Hall–Kier alpha value is -3.01. The van der Waals surface area contributed by atoms with E-state index in [-0.39, 0.29) is 5.76 Å². The molecule has 272 valence electrons. The van der Waals surface area contributed by atoms with E-state index < -0.39 is 0 Å². The fourth-order valence-corrected chi connectivity index (χ4v) is 4.34. The second-order valence-corrected chi connectivity index (χ2v) is 11.2. The smallest absolute Gasteiger partial charge is 0.245 e. The molecule has 1 aliphatic heterocycles. The second kappa shape index (κ2) is 30.1. The Bertz CT molecular complexity index is 1200. The topological polar surface area (TPSA) is 110 Å². The summed E-state index contributed by atoms with van der Waals surface area (Å²) in [6, 6.07) is 8.41. The summed E-state index contributed by atoms with van der Waals surface area (Å²) in [5.74, 6) is 1.21. The van der Waals surface area contributed by atoms with Gasteiger partial charge in [-0.3, -0.25) is 4.90 Å². The van der Waals surface area contributed by atoms with E-state index in [0.717, 1.165) is 55.2 Å². The highest BCUT2D eigenvalue weighted by Gasteiger charge is 2.14. The van der Waals surface area contributed by atoms with E-state index in [0.29, 0.717) is 36.1 Å². The van der Waals surface area contributed by atoms with Crippen molar-refractivity contribution in [3.63, 3.8) is 0 Å². The molecule has 3 rings (SSSR count). The van der Waals surface area contributed by atoms with E-state index in [1.54, 1.807) is 26.3 Å². The van der Waals surface area contributed by atoms with Crippen LogP contribution in [0.1, 0.15) is 73.8 Å². The van der Waals surface area contributed by atoms with Crippen molar-refractivity contribution in [1.29, 1.82) is 0 Å². The van der Waals surface area contributed by atoms with Gasteiger partial charge in [-0.05, 0) is 43.7 Å². The van der Waals surface area contributed by atoms with Crippen molar-refractivity contribution in [3.05, 3.63) is 70.7 Å². The Kier molecular flexibility index (Phi) is 29.5. The molecule has 10 nitrogen and oxygen atoms in total. The standard InChI is InChI=1S/C21H30ClN3O.C8H14N5OP.C3H8.2C2H6/c1-5-16(3)21(26)20(22)19(6-2)23-18-9-7-17(8-10-18)15-25-13-11-24(4)12-14-25;1-9-13-8-11-5-6(15)7(12-8)10-3-4-14-2;1-3-2;2*1-2/h5,7-10,23,26H,1,6,11-15H2,2-4H3;5H,1,3-4,15H2,2H3,(H2,10,11,12,13);3H2,1-2H3;2*1-2H3/b20-19-,21-16+;;;;. The third-order valence-corrected chi connectivity index (χ3v) is 7.18. The zero-order chi connectivity index (χ0) is 36.9. The molecule has 1 aromatic carbocycles. The lowest BCUT2D eigenvalue weighted by Gasteiger charge is -2.32. The van der Waals surface area contributed by atoms with Crippen LogP contribution in [-0.2, 0) is 11.3 Å². The van der Waals surface area contributed by atoms with Gasteiger partial charge in [-0.25, -0.2) is 10.4 Å². The lowest BCUT2D eigenvalue weighted by atomic mass is 10.1. The Morgan fingerprint density at radius 2 is 1.69 bits per heavy atom. The molecular formula is C36H64ClN8O2P. The molecule has 2 aromatic rings. The highest BCUT2D eigenvalue weighted by atomic mass is 35.5. The number of rotatable bonds is 13. The fraction of sp³-hybridized carbons (Fsp3) is 0.528. The Labute approximate surface area is 299 Å². The number of nitrogens with one attached hydrogen (secondary N) is 3. The van der Waals surface area contributed by atoms with Crippen molar-refractivity contribution in [1.82, 2.24) is 19.8 Å². The van der Waals surface area contributed by atoms with Crippen LogP contribution in [0.5, 0.6) is 0 Å². The number of aliphatic hydroxyl groups excluding tert-OH is 1. The van der Waals surface area contributed by atoms with Crippen molar-refractivity contribution in [2.24, 2.45) is 5.10 Å². The molecule has 0 amide bonds. The molecule has 12 heteroatoms. The molecule has 4 N–H and O–H groups in total. The average molecular weight is 707 g/mol. The van der Waals surface area contributed by atoms with Gasteiger partial charge in [0.2, 0.25) is 5.95 Å². The zero-order valence-corrected chi connectivity index (χ0v) is 33.2. The van der Waals surface area contributed by atoms with E-state index in [2.05, 4.69) is 109 Å². The van der Waals surface area contributed by atoms with Gasteiger partial charge in [0.1, 0.15) is 16.6 Å². The van der Waals surface area contributed by atoms with Crippen LogP contribution in [0.15, 0.2) is 70.3 Å². The number of halogens is 1. The maximum absolute atomic E-state index is 10.2. The SMILES string of the molecule is C=C/C(C)=C(O)\C(Cl)=C(/CC)Nc1ccc(CN2CCN(C)CC2)cc1.C=NNc1ncc(P)c(NCCOC)n1.CC.CC.CCC. The summed E-state index contributed by atoms with van der Waals surface area (Å²) in [5, 5.41) is 21.3. The van der Waals surface area contributed by atoms with Crippen molar-refractivity contribution >= 4 is 50.3 Å². The predicted octanol–water partition coefficient (Wildman–Crippen LogP) is 8.26. The quantitative estimate of drug-likeness (QED) is 0.0409. The van der Waals surface area contributed by atoms with Gasteiger partial charge < -0.3 is 25.4 Å². The molecule has 1 fully saturated rings. The summed E-state index contributed by atoms with van der Waals surface area (Å²) in [6.07, 6.45) is 5.22. The van der Waals surface area contributed by atoms with Crippen LogP contribution >= 0.6 is 20.8 Å². The number of aliphatic hydroxyl groups is 1. The molecule has 0 saturated carbocycles. The number of allylic oxidation sites excluding steroid dienone is 4. The van der Waals surface area contributed by atoms with Gasteiger partial charge in [0, 0.05) is 76.0 Å². The van der Waals surface area contributed by atoms with Gasteiger partial charge in [0.15, 0.2) is 0 Å². The lowest BCUT2D eigenvalue weighted by molar-refractivity contribution is 0.148. The molecule has 0 spiro atoms. The summed E-state index contributed by atoms with van der Waals surface area (Å²) in [7, 11) is 6.38. The Morgan fingerprint density at radius 3 is 2.19 bits per heavy atom. The average Bonchev–Trinajstić information content (AvgIpc) is 3.12. The first-order chi connectivity index (χ1) is 23.1. The van der Waals surface area contributed by atoms with E-state index in [9.17, 15) is 5.11 Å². The van der Waals surface area contributed by atoms with Crippen LogP contribution in [0.2, 0.25) is 0 Å². The summed E-state index contributed by atoms with van der Waals surface area (Å²) >= 11 is 6.34. The number of likely N-dealkylation sites (N-methyl/N-ethyl adjacent to an activating group) is 1. The van der Waals surface area contributed by atoms with Crippen LogP contribution < -0.4 is 21.4 Å². The van der Waals surface area contributed by atoms with Gasteiger partial charge in [0.05, 0.1) is 6.61 Å². The number of anilines is 3. The number of benzene rings is 1. The molecular weight excluding hydrogens is 643 g/mol. The Morgan fingerprint density at radius 1 is 1.10 bits per heavy atom. The van der Waals surface area contributed by atoms with Gasteiger partial charge in [-0.2, -0.15) is 10.1 Å². The van der Waals surface area contributed by atoms with Crippen LogP contribution in [0.25, 0.3) is 0 Å². The molecule has 48 heavy (non-hydrogen) atoms. The van der Waals surface area contributed by atoms with Crippen molar-refractivity contribution in [2.45, 2.75) is 74.8 Å². The van der Waals surface area contributed by atoms with Gasteiger partial charge in [-0.15, -0.1) is 0 Å². The predicted molar refractivity (Wildman–Crippen MR) is 215 cm³/mol. The minimum atomic E-state index is 0.0673.